The molecule has 1 atom stereocenters. The van der Waals surface area contributed by atoms with Crippen molar-refractivity contribution in [1.29, 1.82) is 0 Å². The van der Waals surface area contributed by atoms with Gasteiger partial charge in [0.25, 0.3) is 0 Å². The summed E-state index contributed by atoms with van der Waals surface area (Å²) < 4.78 is 0. The molecule has 0 aliphatic carbocycles. The number of allylic oxidation sites excluding steroid dienone is 2. The van der Waals surface area contributed by atoms with E-state index in [-0.39, 0.29) is 18.5 Å². The Kier molecular flexibility index (Phi) is 9.22. The van der Waals surface area contributed by atoms with Crippen LogP contribution in [-0.4, -0.2) is 24.9 Å². The van der Waals surface area contributed by atoms with E-state index in [4.69, 9.17) is 0 Å². The fourth-order valence-corrected chi connectivity index (χ4v) is 1.42. The van der Waals surface area contributed by atoms with E-state index in [2.05, 4.69) is 29.8 Å². The van der Waals surface area contributed by atoms with Crippen LogP contribution in [0.2, 0.25) is 0 Å². The summed E-state index contributed by atoms with van der Waals surface area (Å²) in [7, 11) is 0. The van der Waals surface area contributed by atoms with Gasteiger partial charge in [-0.15, -0.1) is 0 Å². The van der Waals surface area contributed by atoms with Crippen molar-refractivity contribution in [3.05, 3.63) is 23.5 Å². The van der Waals surface area contributed by atoms with E-state index in [1.54, 1.807) is 0 Å². The third-order valence-electron chi connectivity index (χ3n) is 2.69. The first-order valence-electron chi connectivity index (χ1n) is 6.57. The molecule has 0 saturated carbocycles. The normalized spacial score (nSPS) is 13.7. The summed E-state index contributed by atoms with van der Waals surface area (Å²) in [5.74, 6) is -0.185. The molecule has 2 amide bonds. The van der Waals surface area contributed by atoms with E-state index >= 15 is 0 Å². The van der Waals surface area contributed by atoms with Crippen molar-refractivity contribution >= 4 is 12.3 Å². The monoisotopic (exact) mass is 267 g/mol. The van der Waals surface area contributed by atoms with Gasteiger partial charge in [0, 0.05) is 18.2 Å². The Hall–Kier alpha value is -1.78. The zero-order valence-corrected chi connectivity index (χ0v) is 12.2. The van der Waals surface area contributed by atoms with E-state index < -0.39 is 0 Å². The van der Waals surface area contributed by atoms with Crippen LogP contribution in [-0.2, 0) is 9.59 Å². The maximum atomic E-state index is 11.4. The number of carbonyl (C=O) groups excluding carboxylic acids is 2. The number of nitrogens with one attached hydrogen (secondary N) is 3. The molecule has 0 unspecified atom stereocenters. The Morgan fingerprint density at radius 1 is 1.37 bits per heavy atom. The van der Waals surface area contributed by atoms with E-state index in [1.807, 2.05) is 26.1 Å². The van der Waals surface area contributed by atoms with Gasteiger partial charge in [0.05, 0.1) is 6.54 Å². The van der Waals surface area contributed by atoms with E-state index in [9.17, 15) is 9.59 Å². The molecule has 3 N–H and O–H groups in total. The van der Waals surface area contributed by atoms with Crippen LogP contribution in [0.5, 0.6) is 0 Å². The maximum Gasteiger partial charge on any atom is 0.239 e. The molecule has 5 nitrogen and oxygen atoms in total. The number of hydrogen-bond acceptors (Lipinski definition) is 3. The summed E-state index contributed by atoms with van der Waals surface area (Å²) in [6.07, 6.45) is 6.22. The molecule has 0 fully saturated rings. The molecule has 5 heteroatoms. The summed E-state index contributed by atoms with van der Waals surface area (Å²) in [4.78, 5) is 21.5. The van der Waals surface area contributed by atoms with Gasteiger partial charge in [-0.2, -0.15) is 0 Å². The topological polar surface area (TPSA) is 70.2 Å². The average molecular weight is 267 g/mol. The highest BCUT2D eigenvalue weighted by Gasteiger charge is 2.08. The first-order valence-corrected chi connectivity index (χ1v) is 6.57. The van der Waals surface area contributed by atoms with Crippen molar-refractivity contribution in [2.45, 2.75) is 46.6 Å². The van der Waals surface area contributed by atoms with Gasteiger partial charge in [-0.3, -0.25) is 9.59 Å². The molecule has 0 heterocycles. The first kappa shape index (κ1) is 17.2. The highest BCUT2D eigenvalue weighted by Crippen LogP contribution is 2.04. The second kappa shape index (κ2) is 10.2. The minimum Gasteiger partial charge on any atom is -0.365 e. The van der Waals surface area contributed by atoms with Gasteiger partial charge < -0.3 is 16.0 Å². The van der Waals surface area contributed by atoms with Crippen LogP contribution < -0.4 is 16.0 Å². The van der Waals surface area contributed by atoms with Crippen LogP contribution in [0, 0.1) is 0 Å². The quantitative estimate of drug-likeness (QED) is 0.554. The van der Waals surface area contributed by atoms with Gasteiger partial charge in [0.15, 0.2) is 0 Å². The number of amides is 2. The van der Waals surface area contributed by atoms with Crippen molar-refractivity contribution in [1.82, 2.24) is 16.0 Å². The standard InChI is InChI=1S/C14H25N3O2/c1-5-11(3)8-16-13(6-2)7-12(4)17-14(19)9-15-10-18/h6,8,10,12,16H,5,7,9H2,1-4H3,(H,15,18)(H,17,19)/b11-8?,13-6-/t12-/m1/s1. The number of hydrogen-bond donors (Lipinski definition) is 3. The lowest BCUT2D eigenvalue weighted by atomic mass is 10.1. The van der Waals surface area contributed by atoms with Gasteiger partial charge in [0.1, 0.15) is 0 Å². The van der Waals surface area contributed by atoms with Gasteiger partial charge in [-0.1, -0.05) is 18.6 Å². The van der Waals surface area contributed by atoms with Crippen LogP contribution >= 0.6 is 0 Å². The highest BCUT2D eigenvalue weighted by atomic mass is 16.2. The molecule has 0 aromatic heterocycles. The van der Waals surface area contributed by atoms with Gasteiger partial charge in [-0.05, 0) is 33.4 Å². The SMILES string of the molecule is C/C=C(/C[C@@H](C)NC(=O)CNC=O)NC=C(C)CC. The summed E-state index contributed by atoms with van der Waals surface area (Å²) >= 11 is 0. The van der Waals surface area contributed by atoms with Crippen molar-refractivity contribution in [3.8, 4) is 0 Å². The summed E-state index contributed by atoms with van der Waals surface area (Å²) in [5.41, 5.74) is 2.33. The van der Waals surface area contributed by atoms with Gasteiger partial charge in [-0.25, -0.2) is 0 Å². The summed E-state index contributed by atoms with van der Waals surface area (Å²) in [6.45, 7) is 8.07. The van der Waals surface area contributed by atoms with Crippen LogP contribution in [0.1, 0.15) is 40.5 Å². The van der Waals surface area contributed by atoms with Crippen molar-refractivity contribution in [2.24, 2.45) is 0 Å². The Morgan fingerprint density at radius 2 is 2.05 bits per heavy atom. The summed E-state index contributed by atoms with van der Waals surface area (Å²) in [6, 6.07) is 0.00925. The largest absolute Gasteiger partial charge is 0.365 e. The minimum absolute atomic E-state index is 0.00925. The molecule has 0 saturated heterocycles. The average Bonchev–Trinajstić information content (AvgIpc) is 2.40. The zero-order chi connectivity index (χ0) is 14.7. The van der Waals surface area contributed by atoms with Crippen molar-refractivity contribution in [3.63, 3.8) is 0 Å². The smallest absolute Gasteiger partial charge is 0.239 e. The second-order valence-electron chi connectivity index (χ2n) is 4.47. The highest BCUT2D eigenvalue weighted by molar-refractivity contribution is 5.80. The fraction of sp³-hybridized carbons (Fsp3) is 0.571. The molecule has 0 aliphatic rings. The third-order valence-corrected chi connectivity index (χ3v) is 2.69. The van der Waals surface area contributed by atoms with Crippen LogP contribution in [0.25, 0.3) is 0 Å². The van der Waals surface area contributed by atoms with Crippen molar-refractivity contribution < 1.29 is 9.59 Å². The molecule has 0 aromatic rings. The third kappa shape index (κ3) is 8.88. The molecule has 0 aromatic carbocycles. The maximum absolute atomic E-state index is 11.4. The minimum atomic E-state index is -0.185. The molecule has 108 valence electrons. The van der Waals surface area contributed by atoms with Gasteiger partial charge in [0.2, 0.25) is 12.3 Å². The number of carbonyl (C=O) groups is 2. The zero-order valence-electron chi connectivity index (χ0n) is 12.2. The number of rotatable bonds is 9. The lowest BCUT2D eigenvalue weighted by Gasteiger charge is -2.16. The predicted molar refractivity (Wildman–Crippen MR) is 77.2 cm³/mol. The lowest BCUT2D eigenvalue weighted by molar-refractivity contribution is -0.122. The molecular weight excluding hydrogens is 242 g/mol. The molecule has 0 rings (SSSR count). The molecule has 0 spiro atoms. The van der Waals surface area contributed by atoms with Crippen LogP contribution in [0.4, 0.5) is 0 Å². The van der Waals surface area contributed by atoms with E-state index in [1.165, 1.54) is 5.57 Å². The van der Waals surface area contributed by atoms with Gasteiger partial charge >= 0.3 is 0 Å². The van der Waals surface area contributed by atoms with Crippen LogP contribution in [0.15, 0.2) is 23.5 Å². The Morgan fingerprint density at radius 3 is 2.58 bits per heavy atom. The molecular formula is C14H25N3O2. The second-order valence-corrected chi connectivity index (χ2v) is 4.47. The Labute approximate surface area is 115 Å². The Bertz CT molecular complexity index is 349. The van der Waals surface area contributed by atoms with E-state index in [0.29, 0.717) is 6.41 Å². The molecule has 0 aliphatic heterocycles. The summed E-state index contributed by atoms with van der Waals surface area (Å²) in [5, 5.41) is 8.40. The molecule has 0 bridgehead atoms. The van der Waals surface area contributed by atoms with E-state index in [0.717, 1.165) is 18.5 Å². The molecule has 0 radical (unpaired) electrons. The Balaban J connectivity index is 4.17. The molecule has 19 heavy (non-hydrogen) atoms. The van der Waals surface area contributed by atoms with Crippen molar-refractivity contribution in [2.75, 3.05) is 6.54 Å². The lowest BCUT2D eigenvalue weighted by Crippen LogP contribution is -2.39. The first-order chi connectivity index (χ1) is 9.03. The fourth-order valence-electron chi connectivity index (χ4n) is 1.42. The van der Waals surface area contributed by atoms with Crippen LogP contribution in [0.3, 0.4) is 0 Å². The predicted octanol–water partition coefficient (Wildman–Crippen LogP) is 1.43.